The Morgan fingerprint density at radius 1 is 0.567 bits per heavy atom. The molecule has 0 spiro atoms. The van der Waals surface area contributed by atoms with Crippen LogP contribution < -0.4 is 4.74 Å². The highest BCUT2D eigenvalue weighted by atomic mass is 16.7. The van der Waals surface area contributed by atoms with Gasteiger partial charge in [-0.1, -0.05) is 148 Å². The van der Waals surface area contributed by atoms with Gasteiger partial charge in [-0.25, -0.2) is 4.79 Å². The molecule has 1 aromatic rings. The van der Waals surface area contributed by atoms with Gasteiger partial charge in [0.2, 0.25) is 0 Å². The minimum Gasteiger partial charge on any atom is -0.465 e. The number of esters is 2. The van der Waals surface area contributed by atoms with Crippen molar-refractivity contribution < 1.29 is 38.3 Å². The molecule has 1 atom stereocenters. The number of non-ortho nitro benzene ring substituents is 1. The van der Waals surface area contributed by atoms with Gasteiger partial charge in [0.05, 0.1) is 11.5 Å². The fourth-order valence-electron chi connectivity index (χ4n) is 7.04. The number of benzene rings is 1. The number of nitro groups is 1. The molecule has 10 heteroatoms. The fourth-order valence-corrected chi connectivity index (χ4v) is 7.04. The van der Waals surface area contributed by atoms with E-state index >= 15 is 0 Å². The summed E-state index contributed by atoms with van der Waals surface area (Å²) in [6, 6.07) is 5.20. The van der Waals surface area contributed by atoms with E-state index in [9.17, 15) is 24.5 Å². The second-order valence-corrected chi connectivity index (χ2v) is 16.4. The second-order valence-electron chi connectivity index (χ2n) is 16.4. The molecule has 1 rings (SSSR count). The van der Waals surface area contributed by atoms with E-state index in [0.717, 1.165) is 109 Å². The van der Waals surface area contributed by atoms with Gasteiger partial charge in [0.15, 0.2) is 0 Å². The summed E-state index contributed by atoms with van der Waals surface area (Å²) < 4.78 is 22.2. The Labute approximate surface area is 364 Å². The van der Waals surface area contributed by atoms with Crippen LogP contribution in [0.5, 0.6) is 5.75 Å². The van der Waals surface area contributed by atoms with Crippen molar-refractivity contribution in [3.8, 4) is 5.75 Å². The minimum atomic E-state index is -0.914. The van der Waals surface area contributed by atoms with Crippen LogP contribution in [0.25, 0.3) is 0 Å². The molecule has 0 amide bonds. The van der Waals surface area contributed by atoms with Crippen molar-refractivity contribution in [2.24, 2.45) is 5.92 Å². The minimum absolute atomic E-state index is 0.0309. The number of unbranched alkanes of at least 4 members (excludes halogenated alkanes) is 19. The van der Waals surface area contributed by atoms with Crippen LogP contribution in [0.2, 0.25) is 0 Å². The Balaban J connectivity index is 2.41. The molecule has 0 aliphatic carbocycles. The lowest BCUT2D eigenvalue weighted by atomic mass is 10.0. The van der Waals surface area contributed by atoms with Gasteiger partial charge in [-0.3, -0.25) is 19.7 Å². The first-order chi connectivity index (χ1) is 29.3. The van der Waals surface area contributed by atoms with Crippen molar-refractivity contribution in [2.45, 2.75) is 219 Å². The monoisotopic (exact) mass is 842 g/mol. The molecule has 342 valence electrons. The van der Waals surface area contributed by atoms with Gasteiger partial charge in [0.25, 0.3) is 5.69 Å². The Kier molecular flexibility index (Phi) is 35.7. The molecular formula is C50H83NO9. The van der Waals surface area contributed by atoms with Crippen molar-refractivity contribution >= 4 is 23.8 Å². The third-order valence-electron chi connectivity index (χ3n) is 10.8. The third kappa shape index (κ3) is 33.1. The zero-order valence-electron chi connectivity index (χ0n) is 38.0. The van der Waals surface area contributed by atoms with Gasteiger partial charge < -0.3 is 18.9 Å². The van der Waals surface area contributed by atoms with E-state index in [1.807, 2.05) is 0 Å². The lowest BCUT2D eigenvalue weighted by Crippen LogP contribution is -2.22. The standard InChI is InChI=1S/C50H83NO9/c1-4-7-10-13-14-15-16-17-18-19-20-21-22-26-31-36-48(52)57-42-44(43-58-50(54)60-47-40-38-45(39-41-47)51(55)56)33-28-25-23-24-27-32-37-49(53)59-46(34-29-11-8-5-2)35-30-12-9-6-3/h14-15,17-18,38-41,44,46H,4-13,16,19-37,42-43H2,1-3H3/b15-14-,18-17-. The number of nitrogens with zero attached hydrogens (tertiary/aromatic N) is 1. The number of allylic oxidation sites excluding steroid dienone is 4. The van der Waals surface area contributed by atoms with E-state index in [2.05, 4.69) is 45.1 Å². The molecule has 0 aromatic heterocycles. The van der Waals surface area contributed by atoms with Crippen molar-refractivity contribution in [1.82, 2.24) is 0 Å². The summed E-state index contributed by atoms with van der Waals surface area (Å²) in [5.41, 5.74) is -0.106. The summed E-state index contributed by atoms with van der Waals surface area (Å²) in [6.07, 6.45) is 39.2. The van der Waals surface area contributed by atoms with Gasteiger partial charge in [-0.2, -0.15) is 0 Å². The number of ether oxygens (including phenoxy) is 4. The Bertz CT molecular complexity index is 1270. The maximum Gasteiger partial charge on any atom is 0.513 e. The number of carbonyl (C=O) groups excluding carboxylic acids is 3. The number of nitro benzene ring substituents is 1. The highest BCUT2D eigenvalue weighted by Gasteiger charge is 2.18. The molecule has 0 bridgehead atoms. The predicted octanol–water partition coefficient (Wildman–Crippen LogP) is 15.1. The van der Waals surface area contributed by atoms with Crippen molar-refractivity contribution in [3.05, 3.63) is 58.7 Å². The molecule has 0 aliphatic heterocycles. The van der Waals surface area contributed by atoms with Crippen molar-refractivity contribution in [1.29, 1.82) is 0 Å². The Morgan fingerprint density at radius 3 is 1.62 bits per heavy atom. The molecule has 1 unspecified atom stereocenters. The third-order valence-corrected chi connectivity index (χ3v) is 10.8. The molecule has 0 saturated carbocycles. The van der Waals surface area contributed by atoms with E-state index < -0.39 is 11.1 Å². The number of hydrogen-bond donors (Lipinski definition) is 0. The molecule has 10 nitrogen and oxygen atoms in total. The largest absolute Gasteiger partial charge is 0.513 e. The zero-order valence-corrected chi connectivity index (χ0v) is 38.0. The van der Waals surface area contributed by atoms with Crippen LogP contribution >= 0.6 is 0 Å². The lowest BCUT2D eigenvalue weighted by Gasteiger charge is -2.18. The first-order valence-electron chi connectivity index (χ1n) is 24.0. The maximum atomic E-state index is 12.7. The molecule has 0 heterocycles. The van der Waals surface area contributed by atoms with Crippen molar-refractivity contribution in [2.75, 3.05) is 13.2 Å². The first kappa shape index (κ1) is 54.3. The van der Waals surface area contributed by atoms with Gasteiger partial charge in [-0.15, -0.1) is 0 Å². The Hall–Kier alpha value is -3.69. The normalized spacial score (nSPS) is 12.0. The number of rotatable bonds is 40. The molecule has 60 heavy (non-hydrogen) atoms. The van der Waals surface area contributed by atoms with Crippen LogP contribution in [0.15, 0.2) is 48.6 Å². The molecule has 0 N–H and O–H groups in total. The smallest absolute Gasteiger partial charge is 0.465 e. The molecular weight excluding hydrogens is 759 g/mol. The zero-order chi connectivity index (χ0) is 43.7. The highest BCUT2D eigenvalue weighted by molar-refractivity contribution is 5.69. The van der Waals surface area contributed by atoms with Crippen molar-refractivity contribution in [3.63, 3.8) is 0 Å². The highest BCUT2D eigenvalue weighted by Crippen LogP contribution is 2.20. The molecule has 0 saturated heterocycles. The van der Waals surface area contributed by atoms with E-state index in [1.165, 1.54) is 88.5 Å². The molecule has 0 aliphatic rings. The average Bonchev–Trinajstić information content (AvgIpc) is 3.24. The van der Waals surface area contributed by atoms with E-state index in [-0.39, 0.29) is 48.6 Å². The van der Waals surface area contributed by atoms with Crippen LogP contribution in [0.1, 0.15) is 213 Å². The van der Waals surface area contributed by atoms with Crippen LogP contribution in [0.4, 0.5) is 10.5 Å². The SMILES string of the molecule is CCCCC/C=C\C/C=C\CCCCCCCC(=O)OCC(CCCCCCCCC(=O)OC(CCCCCC)CCCCCC)COC(=O)Oc1ccc([N+](=O)[O-])cc1. The molecule has 0 radical (unpaired) electrons. The van der Waals surface area contributed by atoms with Gasteiger partial charge in [0.1, 0.15) is 18.5 Å². The number of carbonyl (C=O) groups is 3. The molecule has 1 aromatic carbocycles. The van der Waals surface area contributed by atoms with E-state index in [4.69, 9.17) is 18.9 Å². The lowest BCUT2D eigenvalue weighted by molar-refractivity contribution is -0.384. The van der Waals surface area contributed by atoms with Gasteiger partial charge in [0, 0.05) is 30.9 Å². The summed E-state index contributed by atoms with van der Waals surface area (Å²) in [6.45, 7) is 6.84. The summed E-state index contributed by atoms with van der Waals surface area (Å²) in [5.74, 6) is -0.346. The van der Waals surface area contributed by atoms with Crippen LogP contribution in [-0.2, 0) is 23.8 Å². The van der Waals surface area contributed by atoms with Gasteiger partial charge >= 0.3 is 18.1 Å². The summed E-state index contributed by atoms with van der Waals surface area (Å²) in [4.78, 5) is 48.1. The van der Waals surface area contributed by atoms with E-state index in [0.29, 0.717) is 19.3 Å². The summed E-state index contributed by atoms with van der Waals surface area (Å²) in [7, 11) is 0. The average molecular weight is 842 g/mol. The van der Waals surface area contributed by atoms with E-state index in [1.54, 1.807) is 0 Å². The van der Waals surface area contributed by atoms with Crippen LogP contribution in [0, 0.1) is 16.0 Å². The maximum absolute atomic E-state index is 12.7. The second kappa shape index (κ2) is 39.4. The summed E-state index contributed by atoms with van der Waals surface area (Å²) >= 11 is 0. The Morgan fingerprint density at radius 2 is 1.03 bits per heavy atom. The molecule has 0 fully saturated rings. The van der Waals surface area contributed by atoms with Gasteiger partial charge in [-0.05, 0) is 89.2 Å². The fraction of sp³-hybridized carbons (Fsp3) is 0.740. The summed E-state index contributed by atoms with van der Waals surface area (Å²) in [5, 5.41) is 10.9. The topological polar surface area (TPSA) is 131 Å². The predicted molar refractivity (Wildman–Crippen MR) is 243 cm³/mol. The quantitative estimate of drug-likeness (QED) is 0.0120. The van der Waals surface area contributed by atoms with Crippen LogP contribution in [0.3, 0.4) is 0 Å². The number of hydrogen-bond acceptors (Lipinski definition) is 9. The van der Waals surface area contributed by atoms with Crippen LogP contribution in [-0.4, -0.2) is 42.3 Å². The first-order valence-corrected chi connectivity index (χ1v) is 24.0.